The molecule has 0 N–H and O–H groups in total. The highest BCUT2D eigenvalue weighted by Crippen LogP contribution is 2.62. The van der Waals surface area contributed by atoms with Crippen LogP contribution in [0.25, 0.3) is 45.0 Å². The molecule has 0 radical (unpaired) electrons. The first-order chi connectivity index (χ1) is 21.8. The molecule has 0 bridgehead atoms. The average molecular weight is 579 g/mol. The van der Waals surface area contributed by atoms with Crippen LogP contribution in [0.1, 0.15) is 22.3 Å². The van der Waals surface area contributed by atoms with E-state index < -0.39 is 0 Å². The van der Waals surface area contributed by atoms with Gasteiger partial charge in [-0.15, -0.1) is 0 Å². The molecule has 1 aromatic heterocycles. The normalized spacial score (nSPS) is 13.5. The van der Waals surface area contributed by atoms with Crippen molar-refractivity contribution in [1.29, 1.82) is 0 Å². The molecule has 0 saturated carbocycles. The van der Waals surface area contributed by atoms with Gasteiger partial charge in [0.1, 0.15) is 0 Å². The van der Waals surface area contributed by atoms with Gasteiger partial charge in [-0.1, -0.05) is 145 Å². The fourth-order valence-electron chi connectivity index (χ4n) is 7.09. The summed E-state index contributed by atoms with van der Waals surface area (Å²) in [6.07, 6.45) is 0. The lowest BCUT2D eigenvalue weighted by molar-refractivity contribution is 0.722. The number of hydrogen-bond acceptors (Lipinski definition) is 3. The first-order valence-corrected chi connectivity index (χ1v) is 15.7. The largest absolute Gasteiger partial charge is 0.228 e. The predicted molar refractivity (Wildman–Crippen MR) is 180 cm³/mol. The van der Waals surface area contributed by atoms with Crippen LogP contribution >= 0.6 is 11.8 Å². The Morgan fingerprint density at radius 1 is 0.386 bits per heavy atom. The second kappa shape index (κ2) is 9.90. The number of rotatable bonds is 3. The zero-order chi connectivity index (χ0) is 29.1. The Kier molecular flexibility index (Phi) is 5.69. The molecule has 0 atom stereocenters. The highest BCUT2D eigenvalue weighted by molar-refractivity contribution is 7.99. The Bertz CT molecular complexity index is 2100. The van der Waals surface area contributed by atoms with Gasteiger partial charge in [0.25, 0.3) is 0 Å². The Labute approximate surface area is 261 Å². The summed E-state index contributed by atoms with van der Waals surface area (Å²) >= 11 is 1.87. The molecule has 0 fully saturated rings. The molecule has 2 nitrogen and oxygen atoms in total. The first-order valence-electron chi connectivity index (χ1n) is 14.9. The lowest BCUT2D eigenvalue weighted by atomic mass is 9.67. The molecule has 0 unspecified atom stereocenters. The summed E-state index contributed by atoms with van der Waals surface area (Å²) in [5.41, 5.74) is 12.4. The third-order valence-electron chi connectivity index (χ3n) is 8.97. The van der Waals surface area contributed by atoms with Crippen LogP contribution in [0.4, 0.5) is 0 Å². The van der Waals surface area contributed by atoms with E-state index in [2.05, 4.69) is 146 Å². The van der Waals surface area contributed by atoms with Gasteiger partial charge in [0.15, 0.2) is 5.82 Å². The maximum absolute atomic E-state index is 5.14. The van der Waals surface area contributed by atoms with Crippen LogP contribution in [-0.4, -0.2) is 9.97 Å². The van der Waals surface area contributed by atoms with E-state index in [0.29, 0.717) is 0 Å². The Balaban J connectivity index is 1.30. The minimum atomic E-state index is -0.384. The lowest BCUT2D eigenvalue weighted by Crippen LogP contribution is -2.31. The summed E-state index contributed by atoms with van der Waals surface area (Å²) < 4.78 is 0. The zero-order valence-corrected chi connectivity index (χ0v) is 24.6. The zero-order valence-electron chi connectivity index (χ0n) is 23.8. The topological polar surface area (TPSA) is 25.8 Å². The van der Waals surface area contributed by atoms with Gasteiger partial charge < -0.3 is 0 Å². The van der Waals surface area contributed by atoms with Gasteiger partial charge >= 0.3 is 0 Å². The molecule has 2 heterocycles. The molecule has 1 spiro atoms. The molecule has 1 aliphatic carbocycles. The number of benzene rings is 6. The van der Waals surface area contributed by atoms with Crippen molar-refractivity contribution in [2.75, 3.05) is 0 Å². The minimum absolute atomic E-state index is 0.384. The van der Waals surface area contributed by atoms with E-state index in [0.717, 1.165) is 33.9 Å². The van der Waals surface area contributed by atoms with Crippen LogP contribution in [0.15, 0.2) is 168 Å². The summed E-state index contributed by atoms with van der Waals surface area (Å²) in [5.74, 6) is 0.728. The molecule has 0 saturated heterocycles. The van der Waals surface area contributed by atoms with Crippen molar-refractivity contribution in [3.05, 3.63) is 180 Å². The Hall–Kier alpha value is -5.25. The summed E-state index contributed by atoms with van der Waals surface area (Å²) in [6.45, 7) is 0. The molecule has 3 heteroatoms. The fourth-order valence-corrected chi connectivity index (χ4v) is 8.28. The van der Waals surface area contributed by atoms with Crippen LogP contribution in [-0.2, 0) is 5.41 Å². The second-order valence-electron chi connectivity index (χ2n) is 11.3. The first kappa shape index (κ1) is 25.3. The summed E-state index contributed by atoms with van der Waals surface area (Å²) in [6, 6.07) is 56.5. The van der Waals surface area contributed by atoms with Gasteiger partial charge in [0.05, 0.1) is 16.8 Å². The van der Waals surface area contributed by atoms with Crippen molar-refractivity contribution < 1.29 is 0 Å². The van der Waals surface area contributed by atoms with E-state index in [-0.39, 0.29) is 5.41 Å². The van der Waals surface area contributed by atoms with Crippen molar-refractivity contribution >= 4 is 11.8 Å². The molecule has 1 aliphatic heterocycles. The maximum Gasteiger partial charge on any atom is 0.160 e. The molecular weight excluding hydrogens is 553 g/mol. The number of fused-ring (bicyclic) bond motifs is 9. The standard InChI is InChI=1S/C41H26N2S/c1-3-13-27(14-4-1)36-26-37(28-15-5-2-6-16-28)43-40(42-36)29-23-24-33-31(25-29)30-17-7-8-18-32(30)41(33)34-19-9-11-21-38(34)44-39-22-12-10-20-35(39)41/h1-26H. The van der Waals surface area contributed by atoms with Crippen molar-refractivity contribution in [3.63, 3.8) is 0 Å². The second-order valence-corrected chi connectivity index (χ2v) is 12.4. The van der Waals surface area contributed by atoms with Crippen LogP contribution < -0.4 is 0 Å². The van der Waals surface area contributed by atoms with Crippen LogP contribution in [0.2, 0.25) is 0 Å². The highest BCUT2D eigenvalue weighted by Gasteiger charge is 2.50. The van der Waals surface area contributed by atoms with Crippen molar-refractivity contribution in [1.82, 2.24) is 9.97 Å². The highest BCUT2D eigenvalue weighted by atomic mass is 32.2. The van der Waals surface area contributed by atoms with E-state index in [1.54, 1.807) is 0 Å². The van der Waals surface area contributed by atoms with E-state index in [9.17, 15) is 0 Å². The molecule has 9 rings (SSSR count). The molecule has 6 aromatic carbocycles. The summed E-state index contributed by atoms with van der Waals surface area (Å²) in [5, 5.41) is 0. The van der Waals surface area contributed by atoms with E-state index >= 15 is 0 Å². The van der Waals surface area contributed by atoms with E-state index in [4.69, 9.17) is 9.97 Å². The molecule has 44 heavy (non-hydrogen) atoms. The van der Waals surface area contributed by atoms with Crippen molar-refractivity contribution in [2.45, 2.75) is 15.2 Å². The SMILES string of the molecule is c1ccc(-c2cc(-c3ccccc3)nc(-c3ccc4c(c3)-c3ccccc3C43c4ccccc4Sc4ccccc43)n2)cc1. The predicted octanol–water partition coefficient (Wildman–Crippen LogP) is 10.3. The van der Waals surface area contributed by atoms with Gasteiger partial charge in [-0.3, -0.25) is 0 Å². The van der Waals surface area contributed by atoms with Crippen LogP contribution in [0, 0.1) is 0 Å². The number of hydrogen-bond donors (Lipinski definition) is 0. The van der Waals surface area contributed by atoms with Crippen molar-refractivity contribution in [2.24, 2.45) is 0 Å². The van der Waals surface area contributed by atoms with Gasteiger partial charge in [-0.05, 0) is 57.6 Å². The van der Waals surface area contributed by atoms with E-state index in [1.165, 1.54) is 43.2 Å². The molecular formula is C41H26N2S. The average Bonchev–Trinajstić information content (AvgIpc) is 3.39. The van der Waals surface area contributed by atoms with Crippen molar-refractivity contribution in [3.8, 4) is 45.0 Å². The summed E-state index contributed by atoms with van der Waals surface area (Å²) in [7, 11) is 0. The van der Waals surface area contributed by atoms with Gasteiger partial charge in [0.2, 0.25) is 0 Å². The Morgan fingerprint density at radius 3 is 1.50 bits per heavy atom. The van der Waals surface area contributed by atoms with Gasteiger partial charge in [0, 0.05) is 26.5 Å². The third-order valence-corrected chi connectivity index (χ3v) is 10.1. The lowest BCUT2D eigenvalue weighted by Gasteiger charge is -2.39. The monoisotopic (exact) mass is 578 g/mol. The minimum Gasteiger partial charge on any atom is -0.228 e. The Morgan fingerprint density at radius 2 is 0.886 bits per heavy atom. The van der Waals surface area contributed by atoms with Gasteiger partial charge in [-0.25, -0.2) is 9.97 Å². The number of nitrogens with zero attached hydrogens (tertiary/aromatic N) is 2. The molecule has 0 amide bonds. The maximum atomic E-state index is 5.14. The molecule has 2 aliphatic rings. The third kappa shape index (κ3) is 3.69. The van der Waals surface area contributed by atoms with E-state index in [1.807, 2.05) is 23.9 Å². The fraction of sp³-hybridized carbons (Fsp3) is 0.0244. The summed E-state index contributed by atoms with van der Waals surface area (Å²) in [4.78, 5) is 12.9. The van der Waals surface area contributed by atoms with Crippen LogP contribution in [0.3, 0.4) is 0 Å². The molecule has 206 valence electrons. The van der Waals surface area contributed by atoms with Crippen LogP contribution in [0.5, 0.6) is 0 Å². The van der Waals surface area contributed by atoms with Gasteiger partial charge in [-0.2, -0.15) is 0 Å². The molecule has 7 aromatic rings. The quantitative estimate of drug-likeness (QED) is 0.209. The number of aromatic nitrogens is 2. The smallest absolute Gasteiger partial charge is 0.160 e.